The lowest BCUT2D eigenvalue weighted by Crippen LogP contribution is -2.52. The molecule has 3 atom stereocenters. The van der Waals surface area contributed by atoms with Gasteiger partial charge in [0, 0.05) is 6.92 Å². The van der Waals surface area contributed by atoms with Crippen LogP contribution in [0.15, 0.2) is 12.1 Å². The Morgan fingerprint density at radius 1 is 1.12 bits per heavy atom. The SMILES string of the molecule is COC(=O)[C@]1(C)CCC[C@]2(C)c3cc(OC)c(OC(C)=O)cc3CCC12. The van der Waals surface area contributed by atoms with Crippen molar-refractivity contribution in [2.24, 2.45) is 11.3 Å². The van der Waals surface area contributed by atoms with Crippen LogP contribution in [0, 0.1) is 11.3 Å². The first-order valence-corrected chi connectivity index (χ1v) is 9.24. The number of aryl methyl sites for hydroxylation is 1. The number of carbonyl (C=O) groups excluding carboxylic acids is 2. The van der Waals surface area contributed by atoms with E-state index in [9.17, 15) is 9.59 Å². The van der Waals surface area contributed by atoms with Gasteiger partial charge in [-0.15, -0.1) is 0 Å². The highest BCUT2D eigenvalue weighted by molar-refractivity contribution is 5.77. The molecule has 1 saturated carbocycles. The maximum atomic E-state index is 12.6. The van der Waals surface area contributed by atoms with Crippen LogP contribution in [0.2, 0.25) is 0 Å². The number of hydrogen-bond donors (Lipinski definition) is 0. The third-order valence-corrected chi connectivity index (χ3v) is 6.54. The quantitative estimate of drug-likeness (QED) is 0.606. The van der Waals surface area contributed by atoms with Crippen LogP contribution >= 0.6 is 0 Å². The Balaban J connectivity index is 2.09. The Morgan fingerprint density at radius 3 is 2.46 bits per heavy atom. The molecule has 0 spiro atoms. The molecule has 0 heterocycles. The highest BCUT2D eigenvalue weighted by Gasteiger charge is 2.55. The lowest BCUT2D eigenvalue weighted by Gasteiger charge is -2.54. The van der Waals surface area contributed by atoms with Gasteiger partial charge >= 0.3 is 11.9 Å². The summed E-state index contributed by atoms with van der Waals surface area (Å²) >= 11 is 0. The monoisotopic (exact) mass is 360 g/mol. The second-order valence-electron chi connectivity index (χ2n) is 8.03. The van der Waals surface area contributed by atoms with Crippen LogP contribution in [-0.4, -0.2) is 26.2 Å². The molecule has 2 aliphatic rings. The van der Waals surface area contributed by atoms with Crippen molar-refractivity contribution in [3.63, 3.8) is 0 Å². The fourth-order valence-corrected chi connectivity index (χ4v) is 5.35. The summed E-state index contributed by atoms with van der Waals surface area (Å²) in [6.45, 7) is 5.69. The third-order valence-electron chi connectivity index (χ3n) is 6.54. The molecule has 0 radical (unpaired) electrons. The van der Waals surface area contributed by atoms with Crippen LogP contribution in [0.3, 0.4) is 0 Å². The molecule has 2 aliphatic carbocycles. The van der Waals surface area contributed by atoms with E-state index in [0.717, 1.165) is 32.1 Å². The van der Waals surface area contributed by atoms with Gasteiger partial charge in [0.15, 0.2) is 11.5 Å². The molecule has 0 saturated heterocycles. The number of hydrogen-bond acceptors (Lipinski definition) is 5. The van der Waals surface area contributed by atoms with E-state index in [4.69, 9.17) is 14.2 Å². The predicted octanol–water partition coefficient (Wildman–Crippen LogP) is 3.80. The summed E-state index contributed by atoms with van der Waals surface area (Å²) in [4.78, 5) is 24.0. The summed E-state index contributed by atoms with van der Waals surface area (Å²) in [5, 5.41) is 0. The highest BCUT2D eigenvalue weighted by Crippen LogP contribution is 2.58. The Morgan fingerprint density at radius 2 is 1.85 bits per heavy atom. The second kappa shape index (κ2) is 6.60. The molecule has 5 nitrogen and oxygen atoms in total. The fraction of sp³-hybridized carbons (Fsp3) is 0.619. The number of fused-ring (bicyclic) bond motifs is 3. The van der Waals surface area contributed by atoms with Crippen molar-refractivity contribution >= 4 is 11.9 Å². The van der Waals surface area contributed by atoms with Crippen molar-refractivity contribution in [2.45, 2.75) is 58.3 Å². The Hall–Kier alpha value is -2.04. The van der Waals surface area contributed by atoms with E-state index >= 15 is 0 Å². The number of ether oxygens (including phenoxy) is 3. The zero-order chi connectivity index (χ0) is 19.1. The van der Waals surface area contributed by atoms with E-state index in [0.29, 0.717) is 11.5 Å². The first-order valence-electron chi connectivity index (χ1n) is 9.24. The average Bonchev–Trinajstić information content (AvgIpc) is 2.59. The molecule has 26 heavy (non-hydrogen) atoms. The summed E-state index contributed by atoms with van der Waals surface area (Å²) in [5.74, 6) is 0.769. The normalized spacial score (nSPS) is 30.0. The fourth-order valence-electron chi connectivity index (χ4n) is 5.35. The van der Waals surface area contributed by atoms with Gasteiger partial charge in [0.05, 0.1) is 19.6 Å². The van der Waals surface area contributed by atoms with E-state index in [1.165, 1.54) is 25.2 Å². The predicted molar refractivity (Wildman–Crippen MR) is 97.4 cm³/mol. The minimum atomic E-state index is -0.471. The van der Waals surface area contributed by atoms with E-state index in [-0.39, 0.29) is 23.3 Å². The van der Waals surface area contributed by atoms with Gasteiger partial charge in [0.25, 0.3) is 0 Å². The second-order valence-corrected chi connectivity index (χ2v) is 8.03. The van der Waals surface area contributed by atoms with Crippen LogP contribution in [-0.2, 0) is 26.2 Å². The van der Waals surface area contributed by atoms with Crippen LogP contribution in [0.1, 0.15) is 57.6 Å². The first-order chi connectivity index (χ1) is 12.3. The van der Waals surface area contributed by atoms with Crippen molar-refractivity contribution in [1.82, 2.24) is 0 Å². The lowest BCUT2D eigenvalue weighted by atomic mass is 9.50. The van der Waals surface area contributed by atoms with Gasteiger partial charge in [-0.05, 0) is 67.2 Å². The zero-order valence-corrected chi connectivity index (χ0v) is 16.3. The molecular weight excluding hydrogens is 332 g/mol. The number of carbonyl (C=O) groups is 2. The molecule has 0 amide bonds. The van der Waals surface area contributed by atoms with Crippen molar-refractivity contribution in [3.05, 3.63) is 23.3 Å². The number of rotatable bonds is 3. The molecule has 5 heteroatoms. The summed E-state index contributed by atoms with van der Waals surface area (Å²) in [5.41, 5.74) is 1.78. The number of esters is 2. The lowest BCUT2D eigenvalue weighted by molar-refractivity contribution is -0.161. The van der Waals surface area contributed by atoms with E-state index in [1.807, 2.05) is 12.1 Å². The third kappa shape index (κ3) is 2.78. The number of benzene rings is 1. The van der Waals surface area contributed by atoms with Crippen LogP contribution in [0.25, 0.3) is 0 Å². The van der Waals surface area contributed by atoms with Crippen LogP contribution < -0.4 is 9.47 Å². The van der Waals surface area contributed by atoms with Crippen molar-refractivity contribution in [3.8, 4) is 11.5 Å². The summed E-state index contributed by atoms with van der Waals surface area (Å²) < 4.78 is 16.0. The van der Waals surface area contributed by atoms with Gasteiger partial charge in [-0.3, -0.25) is 9.59 Å². The Bertz CT molecular complexity index is 740. The van der Waals surface area contributed by atoms with E-state index in [2.05, 4.69) is 13.8 Å². The van der Waals surface area contributed by atoms with E-state index in [1.54, 1.807) is 7.11 Å². The maximum absolute atomic E-state index is 12.6. The molecule has 0 aliphatic heterocycles. The topological polar surface area (TPSA) is 61.8 Å². The summed E-state index contributed by atoms with van der Waals surface area (Å²) in [7, 11) is 3.06. The minimum Gasteiger partial charge on any atom is -0.493 e. The van der Waals surface area contributed by atoms with Crippen LogP contribution in [0.5, 0.6) is 11.5 Å². The van der Waals surface area contributed by atoms with E-state index < -0.39 is 5.41 Å². The first kappa shape index (κ1) is 18.7. The van der Waals surface area contributed by atoms with Gasteiger partial charge in [-0.1, -0.05) is 13.3 Å². The largest absolute Gasteiger partial charge is 0.493 e. The molecule has 0 aromatic heterocycles. The highest BCUT2D eigenvalue weighted by atomic mass is 16.6. The molecule has 1 aromatic rings. The molecular formula is C21H28O5. The zero-order valence-electron chi connectivity index (χ0n) is 16.3. The molecule has 1 fully saturated rings. The molecule has 1 aromatic carbocycles. The van der Waals surface area contributed by atoms with Gasteiger partial charge < -0.3 is 14.2 Å². The molecule has 3 rings (SSSR count). The molecule has 0 bridgehead atoms. The standard InChI is InChI=1S/C21H28O5/c1-13(22)26-17-11-14-7-8-18-20(2,15(14)12-16(17)24-4)9-6-10-21(18,3)19(23)25-5/h11-12,18H,6-10H2,1-5H3/t18?,20-,21-/m1/s1. The summed E-state index contributed by atoms with van der Waals surface area (Å²) in [6, 6.07) is 3.93. The molecule has 142 valence electrons. The van der Waals surface area contributed by atoms with Crippen LogP contribution in [0.4, 0.5) is 0 Å². The van der Waals surface area contributed by atoms with Gasteiger partial charge in [0.2, 0.25) is 0 Å². The Labute approximate surface area is 155 Å². The van der Waals surface area contributed by atoms with Crippen molar-refractivity contribution in [2.75, 3.05) is 14.2 Å². The van der Waals surface area contributed by atoms with Gasteiger partial charge in [-0.25, -0.2) is 0 Å². The minimum absolute atomic E-state index is 0.111. The van der Waals surface area contributed by atoms with Gasteiger partial charge in [0.1, 0.15) is 0 Å². The smallest absolute Gasteiger partial charge is 0.311 e. The average molecular weight is 360 g/mol. The van der Waals surface area contributed by atoms with Gasteiger partial charge in [-0.2, -0.15) is 0 Å². The maximum Gasteiger partial charge on any atom is 0.311 e. The molecule has 0 N–H and O–H groups in total. The summed E-state index contributed by atoms with van der Waals surface area (Å²) in [6.07, 6.45) is 4.62. The Kier molecular flexibility index (Phi) is 4.76. The molecule has 1 unspecified atom stereocenters. The van der Waals surface area contributed by atoms with Crippen molar-refractivity contribution in [1.29, 1.82) is 0 Å². The number of methoxy groups -OCH3 is 2. The van der Waals surface area contributed by atoms with Crippen molar-refractivity contribution < 1.29 is 23.8 Å².